The van der Waals surface area contributed by atoms with Gasteiger partial charge in [-0.15, -0.1) is 0 Å². The summed E-state index contributed by atoms with van der Waals surface area (Å²) in [7, 11) is 0. The lowest BCUT2D eigenvalue weighted by molar-refractivity contribution is 0.866. The second-order valence-corrected chi connectivity index (χ2v) is 5.70. The maximum Gasteiger partial charge on any atom is 0.291 e. The van der Waals surface area contributed by atoms with Gasteiger partial charge in [0.2, 0.25) is 4.96 Å². The van der Waals surface area contributed by atoms with E-state index in [1.165, 1.54) is 27.7 Å². The highest BCUT2D eigenvalue weighted by molar-refractivity contribution is 7.15. The monoisotopic (exact) mass is 271 g/mol. The van der Waals surface area contributed by atoms with Gasteiger partial charge < -0.3 is 0 Å². The van der Waals surface area contributed by atoms with Crippen molar-refractivity contribution < 1.29 is 0 Å². The number of hydrogen-bond acceptors (Lipinski definition) is 4. The molecule has 0 radical (unpaired) electrons. The van der Waals surface area contributed by atoms with E-state index in [0.717, 1.165) is 5.56 Å². The molecule has 19 heavy (non-hydrogen) atoms. The van der Waals surface area contributed by atoms with Crippen LogP contribution in [0.3, 0.4) is 0 Å². The van der Waals surface area contributed by atoms with E-state index >= 15 is 0 Å². The molecular weight excluding hydrogens is 258 g/mol. The van der Waals surface area contributed by atoms with Crippen molar-refractivity contribution in [3.05, 3.63) is 56.6 Å². The number of hydrogen-bond donors (Lipinski definition) is 0. The maximum absolute atomic E-state index is 12.0. The molecule has 0 aliphatic rings. The topological polar surface area (TPSA) is 47.3 Å². The minimum Gasteiger partial charge on any atom is -0.266 e. The highest BCUT2D eigenvalue weighted by atomic mass is 32.1. The smallest absolute Gasteiger partial charge is 0.266 e. The molecule has 0 fully saturated rings. The number of benzene rings is 1. The molecule has 3 aromatic rings. The summed E-state index contributed by atoms with van der Waals surface area (Å²) in [5, 5.41) is 3.90. The summed E-state index contributed by atoms with van der Waals surface area (Å²) in [4.78, 5) is 16.7. The SMILES string of the molecule is CC(C)c1ccc(C=c2sc3ncnn3c2=O)cc1. The van der Waals surface area contributed by atoms with Crippen molar-refractivity contribution in [2.45, 2.75) is 19.8 Å². The Hall–Kier alpha value is -2.01. The van der Waals surface area contributed by atoms with Gasteiger partial charge in [0.15, 0.2) is 0 Å². The lowest BCUT2D eigenvalue weighted by Gasteiger charge is -2.04. The Morgan fingerprint density at radius 1 is 1.26 bits per heavy atom. The molecule has 0 saturated heterocycles. The molecule has 0 bridgehead atoms. The van der Waals surface area contributed by atoms with Gasteiger partial charge in [0.05, 0.1) is 4.53 Å². The first kappa shape index (κ1) is 12.0. The third-order valence-corrected chi connectivity index (χ3v) is 4.00. The first-order valence-electron chi connectivity index (χ1n) is 6.09. The fourth-order valence-corrected chi connectivity index (χ4v) is 2.79. The second-order valence-electron chi connectivity index (χ2n) is 4.69. The normalized spacial score (nSPS) is 12.7. The second kappa shape index (κ2) is 4.59. The summed E-state index contributed by atoms with van der Waals surface area (Å²) >= 11 is 1.36. The molecule has 96 valence electrons. The van der Waals surface area contributed by atoms with Crippen LogP contribution in [0.15, 0.2) is 35.4 Å². The van der Waals surface area contributed by atoms with Gasteiger partial charge in [-0.25, -0.2) is 4.98 Å². The van der Waals surface area contributed by atoms with Crippen LogP contribution in [0, 0.1) is 0 Å². The molecular formula is C14H13N3OS. The van der Waals surface area contributed by atoms with Crippen LogP contribution in [0.4, 0.5) is 0 Å². The Morgan fingerprint density at radius 3 is 2.63 bits per heavy atom. The molecule has 0 saturated carbocycles. The van der Waals surface area contributed by atoms with Crippen LogP contribution in [0.25, 0.3) is 11.0 Å². The largest absolute Gasteiger partial charge is 0.291 e. The Kier molecular flexibility index (Phi) is 2.91. The van der Waals surface area contributed by atoms with E-state index in [1.54, 1.807) is 0 Å². The van der Waals surface area contributed by atoms with Gasteiger partial charge >= 0.3 is 0 Å². The molecule has 2 heterocycles. The Labute approximate surface area is 114 Å². The lowest BCUT2D eigenvalue weighted by atomic mass is 10.0. The summed E-state index contributed by atoms with van der Waals surface area (Å²) in [6.45, 7) is 4.32. The Morgan fingerprint density at radius 2 is 2.00 bits per heavy atom. The van der Waals surface area contributed by atoms with Crippen LogP contribution < -0.4 is 10.1 Å². The van der Waals surface area contributed by atoms with Gasteiger partial charge in [0.1, 0.15) is 6.33 Å². The van der Waals surface area contributed by atoms with E-state index in [9.17, 15) is 4.79 Å². The molecule has 0 atom stereocenters. The highest BCUT2D eigenvalue weighted by Gasteiger charge is 2.05. The average molecular weight is 271 g/mol. The van der Waals surface area contributed by atoms with E-state index in [1.807, 2.05) is 18.2 Å². The summed E-state index contributed by atoms with van der Waals surface area (Å²) in [6, 6.07) is 8.26. The highest BCUT2D eigenvalue weighted by Crippen LogP contribution is 2.14. The van der Waals surface area contributed by atoms with Crippen molar-refractivity contribution in [3.8, 4) is 0 Å². The maximum atomic E-state index is 12.0. The average Bonchev–Trinajstić information content (AvgIpc) is 2.95. The molecule has 0 aliphatic heterocycles. The zero-order valence-corrected chi connectivity index (χ0v) is 11.5. The van der Waals surface area contributed by atoms with Gasteiger partial charge in [0, 0.05) is 0 Å². The first-order valence-corrected chi connectivity index (χ1v) is 6.91. The van der Waals surface area contributed by atoms with E-state index in [0.29, 0.717) is 15.4 Å². The minimum atomic E-state index is -0.106. The Balaban J connectivity index is 2.07. The van der Waals surface area contributed by atoms with Crippen LogP contribution in [-0.2, 0) is 0 Å². The molecule has 5 heteroatoms. The number of nitrogens with zero attached hydrogens (tertiary/aromatic N) is 3. The van der Waals surface area contributed by atoms with Crippen molar-refractivity contribution in [2.75, 3.05) is 0 Å². The predicted octanol–water partition coefficient (Wildman–Crippen LogP) is 1.82. The van der Waals surface area contributed by atoms with Crippen LogP contribution in [0.2, 0.25) is 0 Å². The van der Waals surface area contributed by atoms with E-state index in [2.05, 4.69) is 36.1 Å². The van der Waals surface area contributed by atoms with Gasteiger partial charge in [-0.1, -0.05) is 49.4 Å². The number of rotatable bonds is 2. The number of thiazole rings is 1. The first-order chi connectivity index (χ1) is 9.15. The molecule has 0 spiro atoms. The summed E-state index contributed by atoms with van der Waals surface area (Å²) in [6.07, 6.45) is 3.28. The molecule has 3 rings (SSSR count). The van der Waals surface area contributed by atoms with Crippen LogP contribution >= 0.6 is 11.3 Å². The molecule has 2 aromatic heterocycles. The zero-order chi connectivity index (χ0) is 13.4. The van der Waals surface area contributed by atoms with Crippen molar-refractivity contribution >= 4 is 22.4 Å². The molecule has 0 aliphatic carbocycles. The van der Waals surface area contributed by atoms with Crippen LogP contribution in [-0.4, -0.2) is 14.6 Å². The fourth-order valence-electron chi connectivity index (χ4n) is 1.91. The fraction of sp³-hybridized carbons (Fsp3) is 0.214. The molecule has 0 amide bonds. The Bertz CT molecular complexity index is 815. The molecule has 4 nitrogen and oxygen atoms in total. The van der Waals surface area contributed by atoms with Gasteiger partial charge in [-0.05, 0) is 23.1 Å². The predicted molar refractivity (Wildman–Crippen MR) is 76.5 cm³/mol. The number of aromatic nitrogens is 3. The van der Waals surface area contributed by atoms with Crippen molar-refractivity contribution in [1.82, 2.24) is 14.6 Å². The third kappa shape index (κ3) is 2.17. The molecule has 0 unspecified atom stereocenters. The van der Waals surface area contributed by atoms with E-state index < -0.39 is 0 Å². The minimum absolute atomic E-state index is 0.106. The quantitative estimate of drug-likeness (QED) is 0.714. The third-order valence-electron chi connectivity index (χ3n) is 3.02. The number of fused-ring (bicyclic) bond motifs is 1. The van der Waals surface area contributed by atoms with Gasteiger partial charge in [0.25, 0.3) is 5.56 Å². The van der Waals surface area contributed by atoms with E-state index in [-0.39, 0.29) is 5.56 Å². The molecule has 0 N–H and O–H groups in total. The summed E-state index contributed by atoms with van der Waals surface area (Å²) in [5.41, 5.74) is 2.21. The van der Waals surface area contributed by atoms with Gasteiger partial charge in [-0.3, -0.25) is 4.79 Å². The zero-order valence-electron chi connectivity index (χ0n) is 10.7. The van der Waals surface area contributed by atoms with Crippen LogP contribution in [0.5, 0.6) is 0 Å². The van der Waals surface area contributed by atoms with Crippen molar-refractivity contribution in [2.24, 2.45) is 0 Å². The van der Waals surface area contributed by atoms with Gasteiger partial charge in [-0.2, -0.15) is 9.61 Å². The standard InChI is InChI=1S/C14H13N3OS/c1-9(2)11-5-3-10(4-6-11)7-12-13(18)17-14(19-12)15-8-16-17/h3-9H,1-2H3. The lowest BCUT2D eigenvalue weighted by Crippen LogP contribution is -2.23. The summed E-state index contributed by atoms with van der Waals surface area (Å²) in [5.74, 6) is 0.512. The van der Waals surface area contributed by atoms with Crippen molar-refractivity contribution in [3.63, 3.8) is 0 Å². The van der Waals surface area contributed by atoms with Crippen molar-refractivity contribution in [1.29, 1.82) is 0 Å². The molecule has 1 aromatic carbocycles. The van der Waals surface area contributed by atoms with E-state index in [4.69, 9.17) is 0 Å². The van der Waals surface area contributed by atoms with Crippen LogP contribution in [0.1, 0.15) is 30.9 Å². The summed E-state index contributed by atoms with van der Waals surface area (Å²) < 4.78 is 1.99.